The number of fused-ring (bicyclic) bond motifs is 2. The van der Waals surface area contributed by atoms with Gasteiger partial charge in [-0.25, -0.2) is 13.8 Å². The maximum atomic E-state index is 14.3. The number of aromatic nitrogens is 4. The molecule has 5 aromatic rings. The van der Waals surface area contributed by atoms with Gasteiger partial charge in [0, 0.05) is 24.2 Å². The van der Waals surface area contributed by atoms with Gasteiger partial charge in [0.2, 0.25) is 5.89 Å². The van der Waals surface area contributed by atoms with E-state index in [1.807, 2.05) is 4.90 Å². The molecule has 4 heterocycles. The number of imidazole rings is 1. The Kier molecular flexibility index (Phi) is 3.89. The molecule has 0 fully saturated rings. The molecule has 1 atom stereocenters. The molecular weight excluding hydrogens is 404 g/mol. The Labute approximate surface area is 174 Å². The quantitative estimate of drug-likeness (QED) is 0.459. The zero-order valence-electron chi connectivity index (χ0n) is 16.0. The van der Waals surface area contributed by atoms with Crippen LogP contribution in [0.1, 0.15) is 23.2 Å². The van der Waals surface area contributed by atoms with Gasteiger partial charge in [0.05, 0.1) is 17.4 Å². The maximum Gasteiger partial charge on any atom is 0.319 e. The molecular formula is C22H15F2N5O2. The highest BCUT2D eigenvalue weighted by Crippen LogP contribution is 2.39. The van der Waals surface area contributed by atoms with Gasteiger partial charge >= 0.3 is 6.01 Å². The number of rotatable bonds is 3. The van der Waals surface area contributed by atoms with E-state index in [-0.39, 0.29) is 23.5 Å². The van der Waals surface area contributed by atoms with Crippen LogP contribution in [0.4, 0.5) is 14.8 Å². The molecule has 0 unspecified atom stereocenters. The van der Waals surface area contributed by atoms with Crippen molar-refractivity contribution >= 4 is 17.0 Å². The predicted octanol–water partition coefficient (Wildman–Crippen LogP) is 4.64. The highest BCUT2D eigenvalue weighted by molar-refractivity contribution is 5.79. The topological polar surface area (TPSA) is 84.0 Å². The molecule has 3 aromatic heterocycles. The summed E-state index contributed by atoms with van der Waals surface area (Å²) in [4.78, 5) is 9.52. The highest BCUT2D eigenvalue weighted by atomic mass is 19.1. The maximum absolute atomic E-state index is 14.3. The Morgan fingerprint density at radius 1 is 1.03 bits per heavy atom. The molecule has 154 valence electrons. The molecule has 1 aliphatic heterocycles. The van der Waals surface area contributed by atoms with E-state index in [0.29, 0.717) is 35.3 Å². The average molecular weight is 419 g/mol. The minimum atomic E-state index is -0.469. The third-order valence-electron chi connectivity index (χ3n) is 5.47. The molecule has 0 amide bonds. The Bertz CT molecular complexity index is 1390. The van der Waals surface area contributed by atoms with Crippen molar-refractivity contribution in [3.8, 4) is 11.5 Å². The zero-order chi connectivity index (χ0) is 20.9. The Hall–Kier alpha value is -4.01. The fraction of sp³-hybridized carbons (Fsp3) is 0.136. The number of furan rings is 1. The number of benzene rings is 2. The highest BCUT2D eigenvalue weighted by Gasteiger charge is 2.36. The first kappa shape index (κ1) is 17.8. The van der Waals surface area contributed by atoms with Crippen LogP contribution in [0, 0.1) is 11.6 Å². The van der Waals surface area contributed by atoms with Crippen molar-refractivity contribution in [2.24, 2.45) is 0 Å². The van der Waals surface area contributed by atoms with Crippen LogP contribution < -0.4 is 4.90 Å². The summed E-state index contributed by atoms with van der Waals surface area (Å²) < 4.78 is 39.4. The summed E-state index contributed by atoms with van der Waals surface area (Å²) in [7, 11) is 0. The number of hydrogen-bond donors (Lipinski definition) is 1. The summed E-state index contributed by atoms with van der Waals surface area (Å²) in [6.45, 7) is 0.560. The van der Waals surface area contributed by atoms with Crippen LogP contribution in [0.25, 0.3) is 22.4 Å². The number of hydrogen-bond acceptors (Lipinski definition) is 6. The lowest BCUT2D eigenvalue weighted by Crippen LogP contribution is -2.36. The van der Waals surface area contributed by atoms with Gasteiger partial charge in [0.25, 0.3) is 0 Å². The van der Waals surface area contributed by atoms with E-state index in [1.54, 1.807) is 36.7 Å². The fourth-order valence-corrected chi connectivity index (χ4v) is 3.99. The summed E-state index contributed by atoms with van der Waals surface area (Å²) in [6, 6.07) is 12.0. The molecule has 0 aliphatic carbocycles. The van der Waals surface area contributed by atoms with Crippen molar-refractivity contribution < 1.29 is 17.6 Å². The van der Waals surface area contributed by atoms with E-state index in [9.17, 15) is 8.78 Å². The molecule has 9 heteroatoms. The van der Waals surface area contributed by atoms with E-state index in [4.69, 9.17) is 8.83 Å². The standard InChI is InChI=1S/C22H15F2N5O2/c23-13-6-4-12(5-7-13)21-27-28-22(31-21)29-9-8-16-19(26-11-25-16)20(29)18-10-14-15(24)2-1-3-17(14)30-18/h1-7,10-11,20H,8-9H2,(H,25,26)/t20-/m1/s1. The Balaban J connectivity index is 1.44. The monoisotopic (exact) mass is 419 g/mol. The van der Waals surface area contributed by atoms with E-state index >= 15 is 0 Å². The molecule has 1 aliphatic rings. The van der Waals surface area contributed by atoms with Crippen molar-refractivity contribution in [2.75, 3.05) is 11.4 Å². The fourth-order valence-electron chi connectivity index (χ4n) is 3.99. The van der Waals surface area contributed by atoms with Crippen molar-refractivity contribution in [3.05, 3.63) is 83.6 Å². The van der Waals surface area contributed by atoms with Crippen LogP contribution in [-0.2, 0) is 6.42 Å². The van der Waals surface area contributed by atoms with Crippen LogP contribution in [0.5, 0.6) is 0 Å². The molecule has 31 heavy (non-hydrogen) atoms. The first-order chi connectivity index (χ1) is 15.2. The smallest absolute Gasteiger partial charge is 0.319 e. The molecule has 0 saturated heterocycles. The number of anilines is 1. The average Bonchev–Trinajstić information content (AvgIpc) is 3.52. The Morgan fingerprint density at radius 2 is 1.90 bits per heavy atom. The van der Waals surface area contributed by atoms with Gasteiger partial charge in [-0.3, -0.25) is 0 Å². The van der Waals surface area contributed by atoms with Crippen molar-refractivity contribution in [1.29, 1.82) is 0 Å². The van der Waals surface area contributed by atoms with Gasteiger partial charge in [-0.05, 0) is 42.5 Å². The molecule has 6 rings (SSSR count). The normalized spacial score (nSPS) is 16.1. The second-order valence-corrected chi connectivity index (χ2v) is 7.31. The van der Waals surface area contributed by atoms with E-state index < -0.39 is 6.04 Å². The number of halogens is 2. The van der Waals surface area contributed by atoms with Gasteiger partial charge in [0.1, 0.15) is 29.0 Å². The SMILES string of the molecule is Fc1ccc(-c2nnc(N3CCc4[nH]cnc4[C@H]3c3cc4c(F)cccc4o3)o2)cc1. The predicted molar refractivity (Wildman–Crippen MR) is 107 cm³/mol. The van der Waals surface area contributed by atoms with Crippen molar-refractivity contribution in [1.82, 2.24) is 20.2 Å². The summed E-state index contributed by atoms with van der Waals surface area (Å²) in [5.74, 6) is 0.100. The third-order valence-corrected chi connectivity index (χ3v) is 5.47. The lowest BCUT2D eigenvalue weighted by Gasteiger charge is -2.32. The van der Waals surface area contributed by atoms with E-state index in [1.165, 1.54) is 18.2 Å². The molecule has 1 N–H and O–H groups in total. The molecule has 0 saturated carbocycles. The van der Waals surface area contributed by atoms with Crippen LogP contribution in [0.3, 0.4) is 0 Å². The van der Waals surface area contributed by atoms with Crippen LogP contribution >= 0.6 is 0 Å². The molecule has 0 spiro atoms. The Morgan fingerprint density at radius 3 is 2.74 bits per heavy atom. The molecule has 0 bridgehead atoms. The van der Waals surface area contributed by atoms with Crippen LogP contribution in [0.15, 0.2) is 63.7 Å². The van der Waals surface area contributed by atoms with Crippen molar-refractivity contribution in [3.63, 3.8) is 0 Å². The lowest BCUT2D eigenvalue weighted by molar-refractivity contribution is 0.453. The number of nitrogens with zero attached hydrogens (tertiary/aromatic N) is 4. The minimum Gasteiger partial charge on any atom is -0.458 e. The lowest BCUT2D eigenvalue weighted by atomic mass is 10.0. The first-order valence-corrected chi connectivity index (χ1v) is 9.73. The first-order valence-electron chi connectivity index (χ1n) is 9.73. The van der Waals surface area contributed by atoms with Gasteiger partial charge in [-0.15, -0.1) is 5.10 Å². The number of H-pyrrole nitrogens is 1. The van der Waals surface area contributed by atoms with Crippen molar-refractivity contribution in [2.45, 2.75) is 12.5 Å². The number of aromatic amines is 1. The summed E-state index contributed by atoms with van der Waals surface area (Å²) in [6.07, 6.45) is 2.32. The van der Waals surface area contributed by atoms with E-state index in [2.05, 4.69) is 20.2 Å². The third kappa shape index (κ3) is 2.89. The van der Waals surface area contributed by atoms with Gasteiger partial charge in [-0.1, -0.05) is 11.2 Å². The number of nitrogens with one attached hydrogen (secondary N) is 1. The second kappa shape index (κ2) is 6.76. The summed E-state index contributed by atoms with van der Waals surface area (Å²) in [5.41, 5.74) is 2.79. The molecule has 2 aromatic carbocycles. The zero-order valence-corrected chi connectivity index (χ0v) is 16.0. The van der Waals surface area contributed by atoms with Crippen LogP contribution in [0.2, 0.25) is 0 Å². The second-order valence-electron chi connectivity index (χ2n) is 7.31. The van der Waals surface area contributed by atoms with E-state index in [0.717, 1.165) is 11.4 Å². The molecule has 7 nitrogen and oxygen atoms in total. The minimum absolute atomic E-state index is 0.275. The largest absolute Gasteiger partial charge is 0.458 e. The summed E-state index contributed by atoms with van der Waals surface area (Å²) >= 11 is 0. The van der Waals surface area contributed by atoms with Gasteiger partial charge in [0.15, 0.2) is 0 Å². The van der Waals surface area contributed by atoms with Gasteiger partial charge < -0.3 is 18.7 Å². The summed E-state index contributed by atoms with van der Waals surface area (Å²) in [5, 5.41) is 8.73. The van der Waals surface area contributed by atoms with Crippen LogP contribution in [-0.4, -0.2) is 26.7 Å². The van der Waals surface area contributed by atoms with Gasteiger partial charge in [-0.2, -0.15) is 0 Å². The molecule has 0 radical (unpaired) electrons.